The minimum atomic E-state index is 0.0112. The average Bonchev–Trinajstić information content (AvgIpc) is 2.75. The van der Waals surface area contributed by atoms with Gasteiger partial charge in [0.05, 0.1) is 24.3 Å². The first-order chi connectivity index (χ1) is 7.72. The van der Waals surface area contributed by atoms with Crippen LogP contribution in [0.5, 0.6) is 0 Å². The van der Waals surface area contributed by atoms with Crippen LogP contribution in [0.15, 0.2) is 5.38 Å². The summed E-state index contributed by atoms with van der Waals surface area (Å²) < 4.78 is 5.35. The lowest BCUT2D eigenvalue weighted by molar-refractivity contribution is 0.00496. The van der Waals surface area contributed by atoms with Crippen molar-refractivity contribution >= 4 is 33.2 Å². The van der Waals surface area contributed by atoms with Gasteiger partial charge < -0.3 is 9.64 Å². The van der Waals surface area contributed by atoms with E-state index in [1.165, 1.54) is 11.3 Å². The van der Waals surface area contributed by atoms with Crippen molar-refractivity contribution in [2.75, 3.05) is 25.1 Å². The molecule has 1 fully saturated rings. The van der Waals surface area contributed by atoms with Gasteiger partial charge in [0.25, 0.3) is 5.91 Å². The number of rotatable bonds is 2. The summed E-state index contributed by atoms with van der Waals surface area (Å²) in [5, 5.41) is 3.48. The number of aryl methyl sites for hydroxylation is 1. The van der Waals surface area contributed by atoms with Gasteiger partial charge in [0.1, 0.15) is 5.69 Å². The SMILES string of the molecule is Cc1nc(C(=O)N2CCOCC2CBr)cs1. The lowest BCUT2D eigenvalue weighted by atomic mass is 10.2. The molecule has 0 spiro atoms. The molecule has 1 aromatic heterocycles. The van der Waals surface area contributed by atoms with E-state index in [4.69, 9.17) is 4.74 Å². The Morgan fingerprint density at radius 3 is 3.25 bits per heavy atom. The molecule has 1 amide bonds. The fourth-order valence-corrected chi connectivity index (χ4v) is 2.78. The number of carbonyl (C=O) groups is 1. The Kier molecular flexibility index (Phi) is 3.94. The molecule has 88 valence electrons. The van der Waals surface area contributed by atoms with E-state index < -0.39 is 0 Å². The zero-order valence-corrected chi connectivity index (χ0v) is 11.4. The van der Waals surface area contributed by atoms with Gasteiger partial charge >= 0.3 is 0 Å². The fourth-order valence-electron chi connectivity index (χ4n) is 1.66. The number of ether oxygens (including phenoxy) is 1. The summed E-state index contributed by atoms with van der Waals surface area (Å²) in [6.45, 7) is 3.76. The number of nitrogens with zero attached hydrogens (tertiary/aromatic N) is 2. The average molecular weight is 305 g/mol. The van der Waals surface area contributed by atoms with E-state index in [2.05, 4.69) is 20.9 Å². The molecule has 0 N–H and O–H groups in total. The Bertz CT molecular complexity index is 383. The van der Waals surface area contributed by atoms with Crippen LogP contribution >= 0.6 is 27.3 Å². The quantitative estimate of drug-likeness (QED) is 0.781. The number of thiazole rings is 1. The Morgan fingerprint density at radius 1 is 1.81 bits per heavy atom. The number of carbonyl (C=O) groups excluding carboxylic acids is 1. The van der Waals surface area contributed by atoms with Crippen molar-refractivity contribution in [3.63, 3.8) is 0 Å². The first kappa shape index (κ1) is 12.0. The highest BCUT2D eigenvalue weighted by Crippen LogP contribution is 2.16. The van der Waals surface area contributed by atoms with E-state index in [-0.39, 0.29) is 11.9 Å². The van der Waals surface area contributed by atoms with Crippen LogP contribution in [-0.4, -0.2) is 46.9 Å². The van der Waals surface area contributed by atoms with Crippen LogP contribution < -0.4 is 0 Å². The normalized spacial score (nSPS) is 21.1. The molecule has 0 aromatic carbocycles. The van der Waals surface area contributed by atoms with Crippen LogP contribution in [0.3, 0.4) is 0 Å². The molecule has 0 aliphatic carbocycles. The largest absolute Gasteiger partial charge is 0.377 e. The van der Waals surface area contributed by atoms with E-state index in [9.17, 15) is 4.79 Å². The number of amides is 1. The number of morpholine rings is 1. The zero-order chi connectivity index (χ0) is 11.5. The van der Waals surface area contributed by atoms with Crippen LogP contribution in [0.2, 0.25) is 0 Å². The number of hydrogen-bond acceptors (Lipinski definition) is 4. The van der Waals surface area contributed by atoms with E-state index in [0.717, 1.165) is 10.3 Å². The first-order valence-corrected chi connectivity index (χ1v) is 7.09. The third-order valence-corrected chi connectivity index (χ3v) is 4.03. The summed E-state index contributed by atoms with van der Waals surface area (Å²) in [5.41, 5.74) is 0.551. The minimum absolute atomic E-state index is 0.0112. The maximum Gasteiger partial charge on any atom is 0.273 e. The molecule has 4 nitrogen and oxygen atoms in total. The Labute approximate surface area is 107 Å². The number of halogens is 1. The maximum absolute atomic E-state index is 12.2. The molecule has 1 aromatic rings. The van der Waals surface area contributed by atoms with Gasteiger partial charge in [-0.2, -0.15) is 0 Å². The van der Waals surface area contributed by atoms with Gasteiger partial charge in [-0.05, 0) is 6.92 Å². The van der Waals surface area contributed by atoms with Crippen LogP contribution in [0.25, 0.3) is 0 Å². The van der Waals surface area contributed by atoms with Gasteiger partial charge in [-0.15, -0.1) is 11.3 Å². The third kappa shape index (κ3) is 2.44. The smallest absolute Gasteiger partial charge is 0.273 e. The molecule has 6 heteroatoms. The highest BCUT2D eigenvalue weighted by Gasteiger charge is 2.28. The van der Waals surface area contributed by atoms with Crippen LogP contribution in [0.4, 0.5) is 0 Å². The fraction of sp³-hybridized carbons (Fsp3) is 0.600. The Morgan fingerprint density at radius 2 is 2.62 bits per heavy atom. The van der Waals surface area contributed by atoms with Gasteiger partial charge in [0, 0.05) is 17.3 Å². The maximum atomic E-state index is 12.2. The molecule has 1 saturated heterocycles. The molecule has 0 saturated carbocycles. The molecule has 1 aliphatic rings. The highest BCUT2D eigenvalue weighted by molar-refractivity contribution is 9.09. The predicted octanol–water partition coefficient (Wildman–Crippen LogP) is 1.69. The topological polar surface area (TPSA) is 42.4 Å². The molecular formula is C10H13BrN2O2S. The van der Waals surface area contributed by atoms with E-state index in [1.807, 2.05) is 17.2 Å². The van der Waals surface area contributed by atoms with Crippen molar-refractivity contribution in [1.29, 1.82) is 0 Å². The van der Waals surface area contributed by atoms with Crippen molar-refractivity contribution in [1.82, 2.24) is 9.88 Å². The lowest BCUT2D eigenvalue weighted by Gasteiger charge is -2.34. The van der Waals surface area contributed by atoms with Crippen LogP contribution in [0.1, 0.15) is 15.5 Å². The Balaban J connectivity index is 2.13. The second kappa shape index (κ2) is 5.25. The van der Waals surface area contributed by atoms with E-state index >= 15 is 0 Å². The number of hydrogen-bond donors (Lipinski definition) is 0. The third-order valence-electron chi connectivity index (χ3n) is 2.50. The molecule has 16 heavy (non-hydrogen) atoms. The van der Waals surface area contributed by atoms with Crippen LogP contribution in [-0.2, 0) is 4.74 Å². The molecule has 1 unspecified atom stereocenters. The van der Waals surface area contributed by atoms with Crippen molar-refractivity contribution in [2.24, 2.45) is 0 Å². The molecule has 1 aliphatic heterocycles. The highest BCUT2D eigenvalue weighted by atomic mass is 79.9. The molecule has 2 heterocycles. The van der Waals surface area contributed by atoms with Gasteiger partial charge in [0.15, 0.2) is 0 Å². The summed E-state index contributed by atoms with van der Waals surface area (Å²) >= 11 is 4.91. The van der Waals surface area contributed by atoms with Gasteiger partial charge in [0.2, 0.25) is 0 Å². The monoisotopic (exact) mass is 304 g/mol. The van der Waals surface area contributed by atoms with Crippen molar-refractivity contribution in [3.8, 4) is 0 Å². The van der Waals surface area contributed by atoms with Gasteiger partial charge in [-0.1, -0.05) is 15.9 Å². The lowest BCUT2D eigenvalue weighted by Crippen LogP contribution is -2.49. The minimum Gasteiger partial charge on any atom is -0.377 e. The van der Waals surface area contributed by atoms with Crippen molar-refractivity contribution in [2.45, 2.75) is 13.0 Å². The zero-order valence-electron chi connectivity index (χ0n) is 8.98. The summed E-state index contributed by atoms with van der Waals surface area (Å²) in [7, 11) is 0. The molecular weight excluding hydrogens is 292 g/mol. The molecule has 0 bridgehead atoms. The second-order valence-electron chi connectivity index (χ2n) is 3.63. The van der Waals surface area contributed by atoms with Gasteiger partial charge in [-0.3, -0.25) is 4.79 Å². The summed E-state index contributed by atoms with van der Waals surface area (Å²) in [5.74, 6) is 0.0112. The molecule has 1 atom stereocenters. The summed E-state index contributed by atoms with van der Waals surface area (Å²) in [6, 6.07) is 0.114. The second-order valence-corrected chi connectivity index (χ2v) is 5.34. The Hall–Kier alpha value is -0.460. The van der Waals surface area contributed by atoms with Gasteiger partial charge in [-0.25, -0.2) is 4.98 Å². The standard InChI is InChI=1S/C10H13BrN2O2S/c1-7-12-9(6-16-7)10(14)13-2-3-15-5-8(13)4-11/h6,8H,2-5H2,1H3. The van der Waals surface area contributed by atoms with E-state index in [0.29, 0.717) is 25.5 Å². The van der Waals surface area contributed by atoms with Crippen molar-refractivity contribution in [3.05, 3.63) is 16.1 Å². The first-order valence-electron chi connectivity index (χ1n) is 5.09. The predicted molar refractivity (Wildman–Crippen MR) is 66.3 cm³/mol. The summed E-state index contributed by atoms with van der Waals surface area (Å²) in [4.78, 5) is 18.2. The molecule has 0 radical (unpaired) electrons. The number of alkyl halides is 1. The van der Waals surface area contributed by atoms with Crippen molar-refractivity contribution < 1.29 is 9.53 Å². The summed E-state index contributed by atoms with van der Waals surface area (Å²) in [6.07, 6.45) is 0. The van der Waals surface area contributed by atoms with E-state index in [1.54, 1.807) is 0 Å². The molecule has 2 rings (SSSR count). The number of aromatic nitrogens is 1. The van der Waals surface area contributed by atoms with Crippen LogP contribution in [0, 0.1) is 6.92 Å².